The summed E-state index contributed by atoms with van der Waals surface area (Å²) in [5.41, 5.74) is 1.24. The lowest BCUT2D eigenvalue weighted by atomic mass is 10.2. The Labute approximate surface area is 160 Å². The van der Waals surface area contributed by atoms with Gasteiger partial charge in [-0.1, -0.05) is 30.3 Å². The Hall–Kier alpha value is -1.89. The number of aryl methyl sites for hydroxylation is 1. The molecule has 0 aliphatic carbocycles. The van der Waals surface area contributed by atoms with Gasteiger partial charge in [-0.3, -0.25) is 9.89 Å². The molecular weight excluding hydrogens is 344 g/mol. The molecule has 2 heterocycles. The standard InChI is InChI=1S/C20H28N4OS/c1-16-8-9-19(26-16)18(24-10-12-25-13-11-24)15-23-20(21-2)22-14-17-6-4-3-5-7-17/h3-9,18H,10-15H2,1-2H3,(H2,21,22,23). The fraction of sp³-hybridized carbons (Fsp3) is 0.450. The third-order valence-corrected chi connectivity index (χ3v) is 5.67. The van der Waals surface area contributed by atoms with E-state index in [0.29, 0.717) is 6.04 Å². The Morgan fingerprint density at radius 1 is 1.15 bits per heavy atom. The maximum absolute atomic E-state index is 5.53. The normalized spacial score (nSPS) is 17.1. The topological polar surface area (TPSA) is 48.9 Å². The first-order valence-electron chi connectivity index (χ1n) is 9.13. The van der Waals surface area contributed by atoms with E-state index in [4.69, 9.17) is 4.74 Å². The number of nitrogens with zero attached hydrogens (tertiary/aromatic N) is 2. The molecule has 140 valence electrons. The third kappa shape index (κ3) is 5.30. The first-order chi connectivity index (χ1) is 12.8. The molecule has 0 saturated carbocycles. The van der Waals surface area contributed by atoms with Crippen LogP contribution in [0.15, 0.2) is 47.5 Å². The van der Waals surface area contributed by atoms with Crippen molar-refractivity contribution in [1.29, 1.82) is 0 Å². The molecule has 3 rings (SSSR count). The van der Waals surface area contributed by atoms with Crippen molar-refractivity contribution in [2.45, 2.75) is 19.5 Å². The van der Waals surface area contributed by atoms with Crippen LogP contribution in [-0.2, 0) is 11.3 Å². The van der Waals surface area contributed by atoms with Crippen LogP contribution in [0.3, 0.4) is 0 Å². The maximum atomic E-state index is 5.53. The number of nitrogens with one attached hydrogen (secondary N) is 2. The van der Waals surface area contributed by atoms with Crippen LogP contribution in [0, 0.1) is 6.92 Å². The largest absolute Gasteiger partial charge is 0.379 e. The van der Waals surface area contributed by atoms with Crippen LogP contribution >= 0.6 is 11.3 Å². The van der Waals surface area contributed by atoms with Gasteiger partial charge in [-0.05, 0) is 24.6 Å². The molecule has 2 N–H and O–H groups in total. The van der Waals surface area contributed by atoms with E-state index < -0.39 is 0 Å². The van der Waals surface area contributed by atoms with Crippen LogP contribution in [0.2, 0.25) is 0 Å². The van der Waals surface area contributed by atoms with Crippen LogP contribution in [-0.4, -0.2) is 50.8 Å². The number of guanidine groups is 1. The van der Waals surface area contributed by atoms with E-state index in [-0.39, 0.29) is 0 Å². The molecule has 1 atom stereocenters. The average molecular weight is 373 g/mol. The van der Waals surface area contributed by atoms with Gasteiger partial charge in [-0.2, -0.15) is 0 Å². The molecule has 1 fully saturated rings. The zero-order valence-corrected chi connectivity index (χ0v) is 16.4. The molecule has 0 spiro atoms. The molecule has 1 aromatic heterocycles. The van der Waals surface area contributed by atoms with Gasteiger partial charge < -0.3 is 15.4 Å². The number of thiophene rings is 1. The van der Waals surface area contributed by atoms with Crippen molar-refractivity contribution >= 4 is 17.3 Å². The molecule has 2 aromatic rings. The highest BCUT2D eigenvalue weighted by Crippen LogP contribution is 2.27. The summed E-state index contributed by atoms with van der Waals surface area (Å²) in [4.78, 5) is 9.63. The van der Waals surface area contributed by atoms with E-state index >= 15 is 0 Å². The first-order valence-corrected chi connectivity index (χ1v) is 9.94. The van der Waals surface area contributed by atoms with E-state index in [1.165, 1.54) is 15.3 Å². The highest BCUT2D eigenvalue weighted by molar-refractivity contribution is 7.12. The number of benzene rings is 1. The van der Waals surface area contributed by atoms with Gasteiger partial charge in [-0.25, -0.2) is 0 Å². The number of aliphatic imine (C=N–C) groups is 1. The Morgan fingerprint density at radius 3 is 2.58 bits per heavy atom. The Kier molecular flexibility index (Phi) is 7.05. The molecule has 6 heteroatoms. The van der Waals surface area contributed by atoms with Gasteiger partial charge in [0.2, 0.25) is 0 Å². The number of rotatable bonds is 6. The minimum atomic E-state index is 0.341. The molecule has 1 aliphatic heterocycles. The summed E-state index contributed by atoms with van der Waals surface area (Å²) in [7, 11) is 1.82. The minimum Gasteiger partial charge on any atom is -0.379 e. The van der Waals surface area contributed by atoms with Gasteiger partial charge in [0.1, 0.15) is 0 Å². The van der Waals surface area contributed by atoms with E-state index in [1.54, 1.807) is 0 Å². The van der Waals surface area contributed by atoms with Crippen molar-refractivity contribution in [3.8, 4) is 0 Å². The Morgan fingerprint density at radius 2 is 1.92 bits per heavy atom. The first kappa shape index (κ1) is 18.9. The summed E-state index contributed by atoms with van der Waals surface area (Å²) >= 11 is 1.88. The number of morpholine rings is 1. The zero-order valence-electron chi connectivity index (χ0n) is 15.6. The number of ether oxygens (including phenoxy) is 1. The Balaban J connectivity index is 1.60. The molecule has 1 aliphatic rings. The van der Waals surface area contributed by atoms with Crippen molar-refractivity contribution in [2.24, 2.45) is 4.99 Å². The van der Waals surface area contributed by atoms with Crippen LogP contribution in [0.5, 0.6) is 0 Å². The average Bonchev–Trinajstić information content (AvgIpc) is 3.12. The monoisotopic (exact) mass is 372 g/mol. The van der Waals surface area contributed by atoms with Crippen LogP contribution < -0.4 is 10.6 Å². The molecule has 0 radical (unpaired) electrons. The lowest BCUT2D eigenvalue weighted by Gasteiger charge is -2.34. The highest BCUT2D eigenvalue weighted by Gasteiger charge is 2.24. The molecule has 1 saturated heterocycles. The van der Waals surface area contributed by atoms with E-state index in [0.717, 1.165) is 45.4 Å². The quantitative estimate of drug-likeness (QED) is 0.605. The van der Waals surface area contributed by atoms with Gasteiger partial charge in [0.05, 0.1) is 19.3 Å². The summed E-state index contributed by atoms with van der Waals surface area (Å²) in [6, 6.07) is 15.2. The maximum Gasteiger partial charge on any atom is 0.191 e. The number of hydrogen-bond donors (Lipinski definition) is 2. The SMILES string of the molecule is CN=C(NCc1ccccc1)NCC(c1ccc(C)s1)N1CCOCC1. The van der Waals surface area contributed by atoms with Crippen molar-refractivity contribution in [2.75, 3.05) is 39.9 Å². The van der Waals surface area contributed by atoms with Gasteiger partial charge in [0.25, 0.3) is 0 Å². The van der Waals surface area contributed by atoms with Gasteiger partial charge in [-0.15, -0.1) is 11.3 Å². The fourth-order valence-electron chi connectivity index (χ4n) is 3.13. The Bertz CT molecular complexity index is 695. The molecule has 0 amide bonds. The van der Waals surface area contributed by atoms with Gasteiger partial charge in [0.15, 0.2) is 5.96 Å². The smallest absolute Gasteiger partial charge is 0.191 e. The lowest BCUT2D eigenvalue weighted by molar-refractivity contribution is 0.0177. The van der Waals surface area contributed by atoms with Crippen molar-refractivity contribution in [1.82, 2.24) is 15.5 Å². The molecule has 0 bridgehead atoms. The van der Waals surface area contributed by atoms with Crippen LogP contribution in [0.4, 0.5) is 0 Å². The molecule has 5 nitrogen and oxygen atoms in total. The van der Waals surface area contributed by atoms with Gasteiger partial charge >= 0.3 is 0 Å². The van der Waals surface area contributed by atoms with Crippen LogP contribution in [0.1, 0.15) is 21.4 Å². The summed E-state index contributed by atoms with van der Waals surface area (Å²) in [5, 5.41) is 6.91. The molecule has 1 unspecified atom stereocenters. The zero-order chi connectivity index (χ0) is 18.2. The van der Waals surface area contributed by atoms with E-state index in [2.05, 4.69) is 63.8 Å². The predicted octanol–water partition coefficient (Wildman–Crippen LogP) is 2.80. The second kappa shape index (κ2) is 9.71. The predicted molar refractivity (Wildman–Crippen MR) is 109 cm³/mol. The summed E-state index contributed by atoms with van der Waals surface area (Å²) < 4.78 is 5.53. The third-order valence-electron chi connectivity index (χ3n) is 4.57. The van der Waals surface area contributed by atoms with E-state index in [1.807, 2.05) is 24.5 Å². The van der Waals surface area contributed by atoms with Crippen molar-refractivity contribution in [3.05, 3.63) is 57.8 Å². The second-order valence-electron chi connectivity index (χ2n) is 6.40. The van der Waals surface area contributed by atoms with Crippen molar-refractivity contribution in [3.63, 3.8) is 0 Å². The lowest BCUT2D eigenvalue weighted by Crippen LogP contribution is -2.46. The summed E-state index contributed by atoms with van der Waals surface area (Å²) in [5.74, 6) is 0.834. The van der Waals surface area contributed by atoms with Crippen molar-refractivity contribution < 1.29 is 4.74 Å². The second-order valence-corrected chi connectivity index (χ2v) is 7.72. The van der Waals surface area contributed by atoms with Gasteiger partial charge in [0, 0.05) is 43.0 Å². The van der Waals surface area contributed by atoms with Crippen LogP contribution in [0.25, 0.3) is 0 Å². The molecule has 1 aromatic carbocycles. The summed E-state index contributed by atoms with van der Waals surface area (Å²) in [6.45, 7) is 7.32. The highest BCUT2D eigenvalue weighted by atomic mass is 32.1. The molecular formula is C20H28N4OS. The fourth-order valence-corrected chi connectivity index (χ4v) is 4.14. The van der Waals surface area contributed by atoms with E-state index in [9.17, 15) is 0 Å². The molecule has 26 heavy (non-hydrogen) atoms. The minimum absolute atomic E-state index is 0.341. The summed E-state index contributed by atoms with van der Waals surface area (Å²) in [6.07, 6.45) is 0. The number of hydrogen-bond acceptors (Lipinski definition) is 4.